The minimum atomic E-state index is -0.166. The van der Waals surface area contributed by atoms with Crippen LogP contribution in [0.4, 0.5) is 5.69 Å². The summed E-state index contributed by atoms with van der Waals surface area (Å²) < 4.78 is 17.9. The quantitative estimate of drug-likeness (QED) is 0.547. The molecule has 0 aliphatic carbocycles. The van der Waals surface area contributed by atoms with Crippen LogP contribution in [-0.4, -0.2) is 32.3 Å². The number of anilines is 1. The fourth-order valence-electron chi connectivity index (χ4n) is 2.41. The van der Waals surface area contributed by atoms with Crippen molar-refractivity contribution >= 4 is 27.8 Å². The predicted octanol–water partition coefficient (Wildman–Crippen LogP) is 4.43. The first-order valence-corrected chi connectivity index (χ1v) is 9.10. The Labute approximate surface area is 156 Å². The Morgan fingerprint density at radius 2 is 1.96 bits per heavy atom. The van der Waals surface area contributed by atoms with Crippen LogP contribution in [0.1, 0.15) is 18.4 Å². The second-order valence-electron chi connectivity index (χ2n) is 5.58. The van der Waals surface area contributed by atoms with Gasteiger partial charge < -0.3 is 14.2 Å². The van der Waals surface area contributed by atoms with Gasteiger partial charge in [0.15, 0.2) is 6.29 Å². The van der Waals surface area contributed by atoms with Crippen LogP contribution in [0, 0.1) is 0 Å². The van der Waals surface area contributed by atoms with E-state index in [1.165, 1.54) is 0 Å². The van der Waals surface area contributed by atoms with Gasteiger partial charge in [-0.05, 0) is 36.8 Å². The minimum Gasteiger partial charge on any atom is -0.493 e. The van der Waals surface area contributed by atoms with Gasteiger partial charge in [0, 0.05) is 16.5 Å². The second-order valence-corrected chi connectivity index (χ2v) is 6.50. The highest BCUT2D eigenvalue weighted by Gasteiger charge is 2.14. The molecule has 6 heteroatoms. The first kappa shape index (κ1) is 17.9. The normalized spacial score (nSPS) is 15.4. The van der Waals surface area contributed by atoms with Gasteiger partial charge in [-0.1, -0.05) is 34.1 Å². The number of benzene rings is 2. The third-order valence-electron chi connectivity index (χ3n) is 3.65. The molecule has 3 rings (SSSR count). The van der Waals surface area contributed by atoms with Crippen molar-refractivity contribution in [2.75, 3.05) is 25.2 Å². The summed E-state index contributed by atoms with van der Waals surface area (Å²) in [6.45, 7) is 2.04. The van der Waals surface area contributed by atoms with E-state index in [4.69, 9.17) is 14.2 Å². The fraction of sp³-hybridized carbons (Fsp3) is 0.316. The number of para-hydroxylation sites is 1. The largest absolute Gasteiger partial charge is 0.493 e. The molecule has 0 saturated carbocycles. The van der Waals surface area contributed by atoms with E-state index in [1.807, 2.05) is 48.5 Å². The number of ether oxygens (including phenoxy) is 3. The number of nitrogens with zero attached hydrogens (tertiary/aromatic N) is 1. The van der Waals surface area contributed by atoms with E-state index in [2.05, 4.69) is 26.5 Å². The molecule has 1 aliphatic rings. The summed E-state index contributed by atoms with van der Waals surface area (Å²) in [5.74, 6) is 0.776. The molecule has 1 heterocycles. The number of rotatable bonds is 7. The highest BCUT2D eigenvalue weighted by molar-refractivity contribution is 9.10. The summed E-state index contributed by atoms with van der Waals surface area (Å²) in [6.07, 6.45) is 3.25. The van der Waals surface area contributed by atoms with Gasteiger partial charge in [-0.15, -0.1) is 0 Å². The summed E-state index contributed by atoms with van der Waals surface area (Å²) >= 11 is 3.49. The van der Waals surface area contributed by atoms with Crippen molar-refractivity contribution in [2.24, 2.45) is 5.10 Å². The monoisotopic (exact) mass is 404 g/mol. The van der Waals surface area contributed by atoms with Crippen LogP contribution in [0.2, 0.25) is 0 Å². The van der Waals surface area contributed by atoms with Gasteiger partial charge in [0.05, 0.1) is 31.7 Å². The molecular formula is C19H21BrN2O3. The van der Waals surface area contributed by atoms with Gasteiger partial charge in [-0.2, -0.15) is 5.10 Å². The highest BCUT2D eigenvalue weighted by atomic mass is 79.9. The maximum absolute atomic E-state index is 5.90. The van der Waals surface area contributed by atoms with Crippen LogP contribution in [0.5, 0.6) is 5.75 Å². The second kappa shape index (κ2) is 9.56. The molecule has 5 nitrogen and oxygen atoms in total. The van der Waals surface area contributed by atoms with Crippen LogP contribution in [0.25, 0.3) is 0 Å². The smallest absolute Gasteiger partial charge is 0.160 e. The Balaban J connectivity index is 1.57. The van der Waals surface area contributed by atoms with Crippen molar-refractivity contribution < 1.29 is 14.2 Å². The minimum absolute atomic E-state index is 0.166. The molecule has 132 valence electrons. The summed E-state index contributed by atoms with van der Waals surface area (Å²) in [6, 6.07) is 15.6. The predicted molar refractivity (Wildman–Crippen MR) is 102 cm³/mol. The molecule has 2 aromatic carbocycles. The highest BCUT2D eigenvalue weighted by Crippen LogP contribution is 2.22. The maximum Gasteiger partial charge on any atom is 0.160 e. The lowest BCUT2D eigenvalue weighted by atomic mass is 10.2. The number of hydrogen-bond acceptors (Lipinski definition) is 5. The third-order valence-corrected chi connectivity index (χ3v) is 4.14. The molecule has 1 aliphatic heterocycles. The molecule has 2 aromatic rings. The van der Waals surface area contributed by atoms with E-state index in [9.17, 15) is 0 Å². The maximum atomic E-state index is 5.90. The summed E-state index contributed by atoms with van der Waals surface area (Å²) in [4.78, 5) is 0. The van der Waals surface area contributed by atoms with E-state index in [0.717, 1.165) is 41.1 Å². The van der Waals surface area contributed by atoms with Crippen molar-refractivity contribution in [3.8, 4) is 5.75 Å². The molecule has 1 N–H and O–H groups in total. The van der Waals surface area contributed by atoms with Gasteiger partial charge in [0.25, 0.3) is 0 Å². The number of halogens is 1. The van der Waals surface area contributed by atoms with Crippen molar-refractivity contribution in [1.82, 2.24) is 0 Å². The molecular weight excluding hydrogens is 384 g/mol. The molecule has 0 spiro atoms. The van der Waals surface area contributed by atoms with E-state index < -0.39 is 0 Å². The Morgan fingerprint density at radius 3 is 2.76 bits per heavy atom. The van der Waals surface area contributed by atoms with Crippen LogP contribution in [-0.2, 0) is 9.47 Å². The van der Waals surface area contributed by atoms with Gasteiger partial charge in [0.2, 0.25) is 0 Å². The number of hydrogen-bond donors (Lipinski definition) is 1. The Kier molecular flexibility index (Phi) is 6.85. The SMILES string of the molecule is Brc1ccc(OCCC2OCCCO2)c(C=NNc2ccccc2)c1. The van der Waals surface area contributed by atoms with Gasteiger partial charge in [-0.25, -0.2) is 0 Å². The topological polar surface area (TPSA) is 52.1 Å². The molecule has 0 radical (unpaired) electrons. The molecule has 0 atom stereocenters. The van der Waals surface area contributed by atoms with Gasteiger partial charge in [-0.3, -0.25) is 5.43 Å². The number of hydrazone groups is 1. The van der Waals surface area contributed by atoms with Crippen LogP contribution in [0.15, 0.2) is 58.1 Å². The Morgan fingerprint density at radius 1 is 1.16 bits per heavy atom. The average Bonchev–Trinajstić information content (AvgIpc) is 2.65. The zero-order valence-electron chi connectivity index (χ0n) is 13.9. The first-order valence-electron chi connectivity index (χ1n) is 8.31. The lowest BCUT2D eigenvalue weighted by Crippen LogP contribution is -2.26. The fourth-order valence-corrected chi connectivity index (χ4v) is 2.79. The van der Waals surface area contributed by atoms with Crippen molar-refractivity contribution in [1.29, 1.82) is 0 Å². The van der Waals surface area contributed by atoms with Gasteiger partial charge >= 0.3 is 0 Å². The zero-order chi connectivity index (χ0) is 17.3. The molecule has 0 amide bonds. The van der Waals surface area contributed by atoms with Gasteiger partial charge in [0.1, 0.15) is 5.75 Å². The van der Waals surface area contributed by atoms with Crippen LogP contribution >= 0.6 is 15.9 Å². The standard InChI is InChI=1S/C19H21BrN2O3/c20-16-7-8-18(23-12-9-19-24-10-4-11-25-19)15(13-16)14-21-22-17-5-2-1-3-6-17/h1-3,5-8,13-14,19,22H,4,9-12H2. The summed E-state index contributed by atoms with van der Waals surface area (Å²) in [5, 5.41) is 4.29. The van der Waals surface area contributed by atoms with Crippen molar-refractivity contribution in [3.05, 3.63) is 58.6 Å². The summed E-state index contributed by atoms with van der Waals surface area (Å²) in [5.41, 5.74) is 4.83. The third kappa shape index (κ3) is 5.85. The van der Waals surface area contributed by atoms with Crippen LogP contribution in [0.3, 0.4) is 0 Å². The van der Waals surface area contributed by atoms with E-state index in [1.54, 1.807) is 6.21 Å². The lowest BCUT2D eigenvalue weighted by Gasteiger charge is -2.23. The Bertz CT molecular complexity index is 688. The van der Waals surface area contributed by atoms with Crippen LogP contribution < -0.4 is 10.2 Å². The molecule has 1 fully saturated rings. The van der Waals surface area contributed by atoms with E-state index in [-0.39, 0.29) is 6.29 Å². The zero-order valence-corrected chi connectivity index (χ0v) is 15.4. The summed E-state index contributed by atoms with van der Waals surface area (Å²) in [7, 11) is 0. The Hall–Kier alpha value is -1.89. The lowest BCUT2D eigenvalue weighted by molar-refractivity contribution is -0.183. The number of nitrogens with one attached hydrogen (secondary N) is 1. The molecule has 0 bridgehead atoms. The van der Waals surface area contributed by atoms with Crippen molar-refractivity contribution in [3.63, 3.8) is 0 Å². The molecule has 1 saturated heterocycles. The molecule has 25 heavy (non-hydrogen) atoms. The first-order chi connectivity index (χ1) is 12.3. The van der Waals surface area contributed by atoms with Crippen molar-refractivity contribution in [2.45, 2.75) is 19.1 Å². The average molecular weight is 405 g/mol. The van der Waals surface area contributed by atoms with E-state index >= 15 is 0 Å². The molecule has 0 aromatic heterocycles. The molecule has 0 unspecified atom stereocenters. The van der Waals surface area contributed by atoms with E-state index in [0.29, 0.717) is 13.0 Å².